The standard InChI is InChI=1S/C16H18N2O/c1-10-8-12-5-4-11-9-13(18(2)3)6-7-14(11)15(12)17-16(10)19/h6-9H,4-5H2,1-3H3,(H,17,19). The second-order valence-corrected chi connectivity index (χ2v) is 5.42. The maximum Gasteiger partial charge on any atom is 0.251 e. The minimum Gasteiger partial charge on any atom is -0.378 e. The average molecular weight is 254 g/mol. The molecule has 3 heteroatoms. The lowest BCUT2D eigenvalue weighted by molar-refractivity contribution is 0.916. The number of hydrogen-bond donors (Lipinski definition) is 1. The molecule has 1 aliphatic rings. The summed E-state index contributed by atoms with van der Waals surface area (Å²) in [5.74, 6) is 0. The first kappa shape index (κ1) is 12.0. The van der Waals surface area contributed by atoms with Crippen molar-refractivity contribution in [3.8, 4) is 11.3 Å². The number of benzene rings is 1. The van der Waals surface area contributed by atoms with Gasteiger partial charge in [-0.05, 0) is 49.1 Å². The van der Waals surface area contributed by atoms with Gasteiger partial charge in [-0.2, -0.15) is 0 Å². The highest BCUT2D eigenvalue weighted by Crippen LogP contribution is 2.33. The molecule has 1 heterocycles. The van der Waals surface area contributed by atoms with Gasteiger partial charge in [-0.1, -0.05) is 6.07 Å². The summed E-state index contributed by atoms with van der Waals surface area (Å²) in [6.45, 7) is 1.86. The number of H-pyrrole nitrogens is 1. The summed E-state index contributed by atoms with van der Waals surface area (Å²) < 4.78 is 0. The van der Waals surface area contributed by atoms with Crippen LogP contribution in [0.3, 0.4) is 0 Å². The van der Waals surface area contributed by atoms with Gasteiger partial charge in [-0.3, -0.25) is 4.79 Å². The molecular weight excluding hydrogens is 236 g/mol. The van der Waals surface area contributed by atoms with Crippen molar-refractivity contribution < 1.29 is 0 Å². The number of anilines is 1. The van der Waals surface area contributed by atoms with Gasteiger partial charge in [0, 0.05) is 30.9 Å². The second kappa shape index (κ2) is 4.26. The molecule has 3 nitrogen and oxygen atoms in total. The van der Waals surface area contributed by atoms with E-state index in [-0.39, 0.29) is 5.56 Å². The van der Waals surface area contributed by atoms with Crippen molar-refractivity contribution in [2.75, 3.05) is 19.0 Å². The first-order valence-electron chi connectivity index (χ1n) is 6.59. The summed E-state index contributed by atoms with van der Waals surface area (Å²) in [6.07, 6.45) is 2.03. The molecular formula is C16H18N2O. The monoisotopic (exact) mass is 254 g/mol. The van der Waals surface area contributed by atoms with E-state index in [9.17, 15) is 4.79 Å². The molecule has 0 spiro atoms. The van der Waals surface area contributed by atoms with Gasteiger partial charge in [0.25, 0.3) is 5.56 Å². The largest absolute Gasteiger partial charge is 0.378 e. The maximum absolute atomic E-state index is 11.8. The third-order valence-corrected chi connectivity index (χ3v) is 3.85. The Labute approximate surface area is 112 Å². The van der Waals surface area contributed by atoms with Crippen LogP contribution in [0.25, 0.3) is 11.3 Å². The van der Waals surface area contributed by atoms with Crippen LogP contribution in [-0.4, -0.2) is 19.1 Å². The molecule has 0 amide bonds. The van der Waals surface area contributed by atoms with E-state index in [0.717, 1.165) is 24.1 Å². The van der Waals surface area contributed by atoms with Crippen molar-refractivity contribution in [1.29, 1.82) is 0 Å². The Balaban J connectivity index is 2.19. The Bertz CT molecular complexity index is 698. The molecule has 2 aromatic rings. The number of hydrogen-bond acceptors (Lipinski definition) is 2. The molecule has 0 saturated heterocycles. The minimum absolute atomic E-state index is 0.0169. The van der Waals surface area contributed by atoms with Crippen LogP contribution in [0.15, 0.2) is 29.1 Å². The van der Waals surface area contributed by atoms with Gasteiger partial charge in [0.2, 0.25) is 0 Å². The van der Waals surface area contributed by atoms with Crippen LogP contribution in [0.2, 0.25) is 0 Å². The van der Waals surface area contributed by atoms with Crippen LogP contribution in [0, 0.1) is 6.92 Å². The van der Waals surface area contributed by atoms with Gasteiger partial charge < -0.3 is 9.88 Å². The van der Waals surface area contributed by atoms with Crippen molar-refractivity contribution in [2.24, 2.45) is 0 Å². The zero-order valence-electron chi connectivity index (χ0n) is 11.6. The number of fused-ring (bicyclic) bond motifs is 3. The van der Waals surface area contributed by atoms with Gasteiger partial charge in [0.05, 0.1) is 5.69 Å². The predicted molar refractivity (Wildman–Crippen MR) is 79.0 cm³/mol. The smallest absolute Gasteiger partial charge is 0.251 e. The van der Waals surface area contributed by atoms with Crippen molar-refractivity contribution >= 4 is 5.69 Å². The summed E-state index contributed by atoms with van der Waals surface area (Å²) in [7, 11) is 4.09. The third kappa shape index (κ3) is 1.95. The second-order valence-electron chi connectivity index (χ2n) is 5.42. The van der Waals surface area contributed by atoms with Gasteiger partial charge in [-0.15, -0.1) is 0 Å². The molecule has 0 bridgehead atoms. The highest BCUT2D eigenvalue weighted by molar-refractivity contribution is 5.72. The molecule has 3 rings (SSSR count). The number of rotatable bonds is 1. The van der Waals surface area contributed by atoms with E-state index in [1.54, 1.807) is 0 Å². The van der Waals surface area contributed by atoms with Crippen molar-refractivity contribution in [2.45, 2.75) is 19.8 Å². The average Bonchev–Trinajstić information content (AvgIpc) is 2.39. The van der Waals surface area contributed by atoms with Crippen LogP contribution in [0.1, 0.15) is 16.7 Å². The van der Waals surface area contributed by atoms with Gasteiger partial charge >= 0.3 is 0 Å². The Morgan fingerprint density at radius 3 is 2.58 bits per heavy atom. The van der Waals surface area contributed by atoms with E-state index >= 15 is 0 Å². The number of aryl methyl sites for hydroxylation is 3. The Kier molecular flexibility index (Phi) is 2.70. The summed E-state index contributed by atoms with van der Waals surface area (Å²) in [4.78, 5) is 16.9. The fourth-order valence-electron chi connectivity index (χ4n) is 2.71. The molecule has 0 radical (unpaired) electrons. The quantitative estimate of drug-likeness (QED) is 0.849. The molecule has 98 valence electrons. The van der Waals surface area contributed by atoms with E-state index in [0.29, 0.717) is 0 Å². The zero-order chi connectivity index (χ0) is 13.6. The van der Waals surface area contributed by atoms with E-state index in [1.165, 1.54) is 22.4 Å². The normalized spacial score (nSPS) is 12.8. The third-order valence-electron chi connectivity index (χ3n) is 3.85. The first-order chi connectivity index (χ1) is 9.06. The molecule has 0 atom stereocenters. The predicted octanol–water partition coefficient (Wildman–Crippen LogP) is 2.51. The summed E-state index contributed by atoms with van der Waals surface area (Å²) >= 11 is 0. The summed E-state index contributed by atoms with van der Waals surface area (Å²) in [5.41, 5.74) is 6.76. The summed E-state index contributed by atoms with van der Waals surface area (Å²) in [6, 6.07) is 8.47. The van der Waals surface area contributed by atoms with E-state index in [2.05, 4.69) is 28.1 Å². The van der Waals surface area contributed by atoms with Crippen LogP contribution >= 0.6 is 0 Å². The molecule has 1 N–H and O–H groups in total. The molecule has 0 saturated carbocycles. The molecule has 0 fully saturated rings. The number of nitrogens with zero attached hydrogens (tertiary/aromatic N) is 1. The summed E-state index contributed by atoms with van der Waals surface area (Å²) in [5, 5.41) is 0. The highest BCUT2D eigenvalue weighted by Gasteiger charge is 2.18. The Morgan fingerprint density at radius 1 is 1.11 bits per heavy atom. The van der Waals surface area contributed by atoms with E-state index in [1.807, 2.05) is 27.1 Å². The molecule has 0 unspecified atom stereocenters. The highest BCUT2D eigenvalue weighted by atomic mass is 16.1. The van der Waals surface area contributed by atoms with Crippen molar-refractivity contribution in [3.05, 3.63) is 51.3 Å². The SMILES string of the molecule is Cc1cc2c([nH]c1=O)-c1ccc(N(C)C)cc1CC2. The Morgan fingerprint density at radius 2 is 1.84 bits per heavy atom. The topological polar surface area (TPSA) is 36.1 Å². The van der Waals surface area contributed by atoms with Gasteiger partial charge in [0.1, 0.15) is 0 Å². The van der Waals surface area contributed by atoms with E-state index < -0.39 is 0 Å². The van der Waals surface area contributed by atoms with Crippen LogP contribution in [0.5, 0.6) is 0 Å². The van der Waals surface area contributed by atoms with Crippen LogP contribution in [0.4, 0.5) is 5.69 Å². The molecule has 1 aromatic carbocycles. The Hall–Kier alpha value is -2.03. The van der Waals surface area contributed by atoms with Gasteiger partial charge in [0.15, 0.2) is 0 Å². The van der Waals surface area contributed by atoms with Gasteiger partial charge in [-0.25, -0.2) is 0 Å². The van der Waals surface area contributed by atoms with Crippen LogP contribution in [-0.2, 0) is 12.8 Å². The lowest BCUT2D eigenvalue weighted by atomic mass is 9.88. The molecule has 19 heavy (non-hydrogen) atoms. The van der Waals surface area contributed by atoms with Crippen molar-refractivity contribution in [3.63, 3.8) is 0 Å². The number of aromatic amines is 1. The molecule has 1 aromatic heterocycles. The number of pyridine rings is 1. The lowest BCUT2D eigenvalue weighted by Crippen LogP contribution is -2.16. The fraction of sp³-hybridized carbons (Fsp3) is 0.312. The first-order valence-corrected chi connectivity index (χ1v) is 6.59. The fourth-order valence-corrected chi connectivity index (χ4v) is 2.71. The van der Waals surface area contributed by atoms with Crippen molar-refractivity contribution in [1.82, 2.24) is 4.98 Å². The number of aromatic nitrogens is 1. The van der Waals surface area contributed by atoms with E-state index in [4.69, 9.17) is 0 Å². The lowest BCUT2D eigenvalue weighted by Gasteiger charge is -2.22. The molecule has 1 aliphatic carbocycles. The van der Waals surface area contributed by atoms with Crippen LogP contribution < -0.4 is 10.5 Å². The minimum atomic E-state index is 0.0169. The zero-order valence-corrected chi connectivity index (χ0v) is 11.6. The molecule has 0 aliphatic heterocycles. The maximum atomic E-state index is 11.8. The number of nitrogens with one attached hydrogen (secondary N) is 1.